The van der Waals surface area contributed by atoms with Crippen LogP contribution in [-0.4, -0.2) is 11.8 Å². The molecule has 1 aromatic heterocycles. The third-order valence-electron chi connectivity index (χ3n) is 4.00. The van der Waals surface area contributed by atoms with Gasteiger partial charge in [0.05, 0.1) is 4.88 Å². The SMILES string of the molecule is O=C(NNC(=O)C1C2CCCCC21)c1cccs1. The van der Waals surface area contributed by atoms with Crippen LogP contribution < -0.4 is 10.9 Å². The van der Waals surface area contributed by atoms with E-state index in [4.69, 9.17) is 0 Å². The molecule has 3 rings (SSSR count). The minimum Gasteiger partial charge on any atom is -0.273 e. The highest BCUT2D eigenvalue weighted by Gasteiger charge is 2.54. The van der Waals surface area contributed by atoms with Crippen LogP contribution in [0.3, 0.4) is 0 Å². The predicted molar refractivity (Wildman–Crippen MR) is 68.9 cm³/mol. The monoisotopic (exact) mass is 264 g/mol. The molecule has 2 fully saturated rings. The fraction of sp³-hybridized carbons (Fsp3) is 0.538. The molecule has 0 aliphatic heterocycles. The lowest BCUT2D eigenvalue weighted by molar-refractivity contribution is -0.123. The van der Waals surface area contributed by atoms with Crippen molar-refractivity contribution in [3.8, 4) is 0 Å². The van der Waals surface area contributed by atoms with E-state index in [1.807, 2.05) is 11.4 Å². The van der Waals surface area contributed by atoms with Gasteiger partial charge in [-0.15, -0.1) is 11.3 Å². The average molecular weight is 264 g/mol. The van der Waals surface area contributed by atoms with Crippen LogP contribution in [-0.2, 0) is 4.79 Å². The van der Waals surface area contributed by atoms with Crippen molar-refractivity contribution in [3.05, 3.63) is 22.4 Å². The summed E-state index contributed by atoms with van der Waals surface area (Å²) in [5.74, 6) is 1.02. The Kier molecular flexibility index (Phi) is 3.07. The summed E-state index contributed by atoms with van der Waals surface area (Å²) in [6.07, 6.45) is 4.82. The van der Waals surface area contributed by atoms with Gasteiger partial charge in [-0.3, -0.25) is 20.4 Å². The fourth-order valence-electron chi connectivity index (χ4n) is 3.05. The topological polar surface area (TPSA) is 58.2 Å². The molecule has 2 N–H and O–H groups in total. The minimum absolute atomic E-state index is 0.0168. The van der Waals surface area contributed by atoms with Crippen molar-refractivity contribution in [3.63, 3.8) is 0 Å². The highest BCUT2D eigenvalue weighted by atomic mass is 32.1. The first-order valence-corrected chi connectivity index (χ1v) is 7.29. The molecule has 0 spiro atoms. The van der Waals surface area contributed by atoms with E-state index in [0.29, 0.717) is 16.7 Å². The molecule has 5 heteroatoms. The second-order valence-corrected chi connectivity index (χ2v) is 6.01. The molecule has 2 saturated carbocycles. The summed E-state index contributed by atoms with van der Waals surface area (Å²) in [7, 11) is 0. The van der Waals surface area contributed by atoms with Crippen LogP contribution in [0, 0.1) is 17.8 Å². The van der Waals surface area contributed by atoms with Crippen LogP contribution >= 0.6 is 11.3 Å². The largest absolute Gasteiger partial charge is 0.279 e. The standard InChI is InChI=1S/C13H16N2O2S/c16-12(10-6-3-7-18-10)14-15-13(17)11-8-4-1-2-5-9(8)11/h3,6-9,11H,1-2,4-5H2,(H,14,16)(H,15,17). The van der Waals surface area contributed by atoms with Gasteiger partial charge >= 0.3 is 0 Å². The van der Waals surface area contributed by atoms with Gasteiger partial charge in [0.15, 0.2) is 0 Å². The lowest BCUT2D eigenvalue weighted by atomic mass is 10.0. The molecule has 4 nitrogen and oxygen atoms in total. The molecule has 0 bridgehead atoms. The Morgan fingerprint density at radius 3 is 2.50 bits per heavy atom. The number of hydrogen-bond acceptors (Lipinski definition) is 3. The summed E-state index contributed by atoms with van der Waals surface area (Å²) in [4.78, 5) is 24.2. The predicted octanol–water partition coefficient (Wildman–Crippen LogP) is 1.95. The van der Waals surface area contributed by atoms with Crippen molar-refractivity contribution in [2.45, 2.75) is 25.7 Å². The number of nitrogens with one attached hydrogen (secondary N) is 2. The second-order valence-electron chi connectivity index (χ2n) is 5.06. The lowest BCUT2D eigenvalue weighted by Gasteiger charge is -2.05. The molecule has 2 unspecified atom stereocenters. The molecular weight excluding hydrogens is 248 g/mol. The van der Waals surface area contributed by atoms with E-state index in [2.05, 4.69) is 10.9 Å². The van der Waals surface area contributed by atoms with Gasteiger partial charge in [0.25, 0.3) is 5.91 Å². The maximum Gasteiger partial charge on any atom is 0.279 e. The van der Waals surface area contributed by atoms with Gasteiger partial charge in [-0.1, -0.05) is 18.9 Å². The molecule has 2 aliphatic rings. The van der Waals surface area contributed by atoms with E-state index < -0.39 is 0 Å². The van der Waals surface area contributed by atoms with Crippen LogP contribution in [0.1, 0.15) is 35.4 Å². The summed E-state index contributed by atoms with van der Waals surface area (Å²) < 4.78 is 0. The average Bonchev–Trinajstić information content (AvgIpc) is 2.85. The van der Waals surface area contributed by atoms with Gasteiger partial charge in [0, 0.05) is 5.92 Å². The van der Waals surface area contributed by atoms with Gasteiger partial charge in [-0.05, 0) is 36.1 Å². The van der Waals surface area contributed by atoms with Crippen molar-refractivity contribution in [1.29, 1.82) is 0 Å². The molecule has 0 aromatic carbocycles. The van der Waals surface area contributed by atoms with Gasteiger partial charge in [0.2, 0.25) is 5.91 Å². The van der Waals surface area contributed by atoms with Gasteiger partial charge in [-0.25, -0.2) is 0 Å². The first-order chi connectivity index (χ1) is 8.77. The van der Waals surface area contributed by atoms with E-state index in [9.17, 15) is 9.59 Å². The lowest BCUT2D eigenvalue weighted by Crippen LogP contribution is -2.42. The number of carbonyl (C=O) groups excluding carboxylic acids is 2. The number of thiophene rings is 1. The van der Waals surface area contributed by atoms with Crippen LogP contribution in [0.4, 0.5) is 0 Å². The number of hydrazine groups is 1. The number of hydrogen-bond donors (Lipinski definition) is 2. The van der Waals surface area contributed by atoms with Crippen molar-refractivity contribution in [2.24, 2.45) is 17.8 Å². The molecular formula is C13H16N2O2S. The molecule has 2 aliphatic carbocycles. The van der Waals surface area contributed by atoms with E-state index in [0.717, 1.165) is 0 Å². The molecule has 1 heterocycles. The summed E-state index contributed by atoms with van der Waals surface area (Å²) in [6, 6.07) is 3.56. The van der Waals surface area contributed by atoms with Crippen LogP contribution in [0.2, 0.25) is 0 Å². The normalized spacial score (nSPS) is 29.2. The fourth-order valence-corrected chi connectivity index (χ4v) is 3.67. The third kappa shape index (κ3) is 2.14. The van der Waals surface area contributed by atoms with E-state index in [1.54, 1.807) is 6.07 Å². The molecule has 0 saturated heterocycles. The molecule has 0 radical (unpaired) electrons. The first kappa shape index (κ1) is 11.7. The molecule has 1 aromatic rings. The molecule has 18 heavy (non-hydrogen) atoms. The maximum atomic E-state index is 11.9. The minimum atomic E-state index is -0.234. The quantitative estimate of drug-likeness (QED) is 0.802. The van der Waals surface area contributed by atoms with Gasteiger partial charge in [-0.2, -0.15) is 0 Å². The van der Waals surface area contributed by atoms with Crippen LogP contribution in [0.5, 0.6) is 0 Å². The van der Waals surface area contributed by atoms with Crippen molar-refractivity contribution in [1.82, 2.24) is 10.9 Å². The number of carbonyl (C=O) groups is 2. The number of fused-ring (bicyclic) bond motifs is 1. The summed E-state index contributed by atoms with van der Waals surface area (Å²) in [5.41, 5.74) is 5.05. The zero-order valence-electron chi connectivity index (χ0n) is 10.0. The Morgan fingerprint density at radius 1 is 1.17 bits per heavy atom. The maximum absolute atomic E-state index is 11.9. The van der Waals surface area contributed by atoms with Crippen molar-refractivity contribution >= 4 is 23.2 Å². The molecule has 2 amide bonds. The summed E-state index contributed by atoms with van der Waals surface area (Å²) in [6.45, 7) is 0. The Balaban J connectivity index is 1.49. The van der Waals surface area contributed by atoms with Crippen LogP contribution in [0.15, 0.2) is 17.5 Å². The van der Waals surface area contributed by atoms with Crippen molar-refractivity contribution < 1.29 is 9.59 Å². The van der Waals surface area contributed by atoms with E-state index in [1.165, 1.54) is 37.0 Å². The summed E-state index contributed by atoms with van der Waals surface area (Å²) >= 11 is 1.36. The highest BCUT2D eigenvalue weighted by Crippen LogP contribution is 2.55. The second kappa shape index (κ2) is 4.72. The van der Waals surface area contributed by atoms with Crippen LogP contribution in [0.25, 0.3) is 0 Å². The Hall–Kier alpha value is -1.36. The zero-order chi connectivity index (χ0) is 12.5. The number of rotatable bonds is 2. The van der Waals surface area contributed by atoms with E-state index in [-0.39, 0.29) is 17.7 Å². The van der Waals surface area contributed by atoms with Crippen molar-refractivity contribution in [2.75, 3.05) is 0 Å². The van der Waals surface area contributed by atoms with Gasteiger partial charge < -0.3 is 0 Å². The molecule has 96 valence electrons. The smallest absolute Gasteiger partial charge is 0.273 e. The Morgan fingerprint density at radius 2 is 1.89 bits per heavy atom. The Bertz CT molecular complexity index is 446. The number of amides is 2. The molecule has 2 atom stereocenters. The summed E-state index contributed by atoms with van der Waals surface area (Å²) in [5, 5.41) is 1.84. The first-order valence-electron chi connectivity index (χ1n) is 6.41. The van der Waals surface area contributed by atoms with Gasteiger partial charge in [0.1, 0.15) is 0 Å². The van der Waals surface area contributed by atoms with E-state index >= 15 is 0 Å². The Labute approximate surface area is 110 Å². The third-order valence-corrected chi connectivity index (χ3v) is 4.87. The zero-order valence-corrected chi connectivity index (χ0v) is 10.8. The highest BCUT2D eigenvalue weighted by molar-refractivity contribution is 7.12.